The first kappa shape index (κ1) is 12.0. The molecule has 0 aliphatic carbocycles. The van der Waals surface area contributed by atoms with Crippen LogP contribution in [-0.4, -0.2) is 24.9 Å². The third-order valence-corrected chi connectivity index (χ3v) is 3.83. The Hall–Kier alpha value is -1.06. The van der Waals surface area contributed by atoms with E-state index in [0.29, 0.717) is 24.3 Å². The average Bonchev–Trinajstić information content (AvgIpc) is 2.72. The van der Waals surface area contributed by atoms with E-state index in [9.17, 15) is 0 Å². The lowest BCUT2D eigenvalue weighted by molar-refractivity contribution is -0.0438. The zero-order valence-electron chi connectivity index (χ0n) is 11.1. The molecular formula is C15H21NO2. The van der Waals surface area contributed by atoms with Gasteiger partial charge in [-0.15, -0.1) is 0 Å². The smallest absolute Gasteiger partial charge is 0.124 e. The third kappa shape index (κ3) is 2.38. The monoisotopic (exact) mass is 247 g/mol. The van der Waals surface area contributed by atoms with Crippen LogP contribution in [0.3, 0.4) is 0 Å². The first-order valence-corrected chi connectivity index (χ1v) is 6.85. The van der Waals surface area contributed by atoms with Crippen LogP contribution in [0, 0.1) is 0 Å². The van der Waals surface area contributed by atoms with E-state index in [2.05, 4.69) is 31.3 Å². The molecule has 2 heterocycles. The molecule has 1 N–H and O–H groups in total. The van der Waals surface area contributed by atoms with Gasteiger partial charge < -0.3 is 14.8 Å². The molecule has 0 aromatic heterocycles. The maximum atomic E-state index is 5.78. The number of fused-ring (bicyclic) bond motifs is 1. The Bertz CT molecular complexity index is 411. The minimum Gasteiger partial charge on any atom is -0.491 e. The van der Waals surface area contributed by atoms with Gasteiger partial charge >= 0.3 is 0 Å². The van der Waals surface area contributed by atoms with E-state index in [1.165, 1.54) is 5.56 Å². The van der Waals surface area contributed by atoms with Gasteiger partial charge in [-0.05, 0) is 32.8 Å². The van der Waals surface area contributed by atoms with Gasteiger partial charge in [0.05, 0.1) is 18.2 Å². The van der Waals surface area contributed by atoms with Gasteiger partial charge in [0.15, 0.2) is 0 Å². The minimum atomic E-state index is 0.337. The molecule has 0 amide bonds. The van der Waals surface area contributed by atoms with E-state index in [1.54, 1.807) is 0 Å². The van der Waals surface area contributed by atoms with Crippen LogP contribution in [0.1, 0.15) is 38.3 Å². The number of hydrogen-bond donors (Lipinski definition) is 1. The Morgan fingerprint density at radius 2 is 1.83 bits per heavy atom. The van der Waals surface area contributed by atoms with Crippen molar-refractivity contribution in [3.05, 3.63) is 29.8 Å². The maximum Gasteiger partial charge on any atom is 0.124 e. The van der Waals surface area contributed by atoms with Crippen molar-refractivity contribution in [2.75, 3.05) is 6.61 Å². The summed E-state index contributed by atoms with van der Waals surface area (Å²) in [5.74, 6) is 1.03. The summed E-state index contributed by atoms with van der Waals surface area (Å²) >= 11 is 0. The van der Waals surface area contributed by atoms with Gasteiger partial charge in [0.25, 0.3) is 0 Å². The molecule has 3 nitrogen and oxygen atoms in total. The minimum absolute atomic E-state index is 0.337. The van der Waals surface area contributed by atoms with E-state index >= 15 is 0 Å². The van der Waals surface area contributed by atoms with Crippen LogP contribution in [0.15, 0.2) is 24.3 Å². The number of rotatable bonds is 2. The molecule has 3 atom stereocenters. The van der Waals surface area contributed by atoms with Crippen molar-refractivity contribution in [1.82, 2.24) is 5.32 Å². The van der Waals surface area contributed by atoms with E-state index in [0.717, 1.165) is 25.2 Å². The van der Waals surface area contributed by atoms with Crippen molar-refractivity contribution in [2.24, 2.45) is 0 Å². The summed E-state index contributed by atoms with van der Waals surface area (Å²) in [6.45, 7) is 5.06. The van der Waals surface area contributed by atoms with Crippen LogP contribution in [0.4, 0.5) is 0 Å². The molecule has 2 aliphatic rings. The fourth-order valence-electron chi connectivity index (χ4n) is 3.13. The summed E-state index contributed by atoms with van der Waals surface area (Å²) in [6, 6.07) is 9.18. The van der Waals surface area contributed by atoms with Gasteiger partial charge in [0, 0.05) is 11.6 Å². The summed E-state index contributed by atoms with van der Waals surface area (Å²) in [6.07, 6.45) is 2.87. The van der Waals surface area contributed by atoms with Gasteiger partial charge in [-0.25, -0.2) is 0 Å². The largest absolute Gasteiger partial charge is 0.491 e. The lowest BCUT2D eigenvalue weighted by Gasteiger charge is -2.34. The lowest BCUT2D eigenvalue weighted by Crippen LogP contribution is -2.43. The molecule has 0 radical (unpaired) electrons. The summed E-state index contributed by atoms with van der Waals surface area (Å²) in [5.41, 5.74) is 1.30. The predicted molar refractivity (Wildman–Crippen MR) is 70.8 cm³/mol. The van der Waals surface area contributed by atoms with Crippen LogP contribution in [0.2, 0.25) is 0 Å². The topological polar surface area (TPSA) is 30.5 Å². The molecule has 2 aliphatic heterocycles. The normalized spacial score (nSPS) is 35.0. The van der Waals surface area contributed by atoms with Crippen LogP contribution < -0.4 is 10.1 Å². The first-order chi connectivity index (χ1) is 8.72. The van der Waals surface area contributed by atoms with Crippen molar-refractivity contribution in [3.8, 4) is 5.75 Å². The Morgan fingerprint density at radius 1 is 1.11 bits per heavy atom. The average molecular weight is 247 g/mol. The highest BCUT2D eigenvalue weighted by atomic mass is 16.5. The van der Waals surface area contributed by atoms with Crippen molar-refractivity contribution in [3.63, 3.8) is 0 Å². The molecule has 98 valence electrons. The molecule has 1 saturated heterocycles. The second-order valence-electron chi connectivity index (χ2n) is 5.49. The Labute approximate surface area is 108 Å². The summed E-state index contributed by atoms with van der Waals surface area (Å²) in [7, 11) is 0. The van der Waals surface area contributed by atoms with Crippen LogP contribution in [-0.2, 0) is 4.74 Å². The van der Waals surface area contributed by atoms with Gasteiger partial charge in [-0.2, -0.15) is 0 Å². The van der Waals surface area contributed by atoms with E-state index < -0.39 is 0 Å². The standard InChI is InChI=1S/C15H21NO2/c1-10-7-12(8-11(2)18-10)16-14-9-17-15-6-4-3-5-13(14)15/h3-6,10-12,14,16H,7-9H2,1-2H3. The van der Waals surface area contributed by atoms with Crippen molar-refractivity contribution in [2.45, 2.75) is 51.0 Å². The molecule has 1 fully saturated rings. The van der Waals surface area contributed by atoms with E-state index in [1.807, 2.05) is 12.1 Å². The van der Waals surface area contributed by atoms with Crippen LogP contribution in [0.25, 0.3) is 0 Å². The summed E-state index contributed by atoms with van der Waals surface area (Å²) in [5, 5.41) is 3.73. The molecule has 3 heteroatoms. The number of ether oxygens (including phenoxy) is 2. The van der Waals surface area contributed by atoms with Crippen LogP contribution in [0.5, 0.6) is 5.75 Å². The zero-order chi connectivity index (χ0) is 12.5. The predicted octanol–water partition coefficient (Wildman–Crippen LogP) is 2.67. The van der Waals surface area contributed by atoms with E-state index in [4.69, 9.17) is 9.47 Å². The fourth-order valence-corrected chi connectivity index (χ4v) is 3.13. The zero-order valence-corrected chi connectivity index (χ0v) is 11.1. The number of benzene rings is 1. The maximum absolute atomic E-state index is 5.78. The third-order valence-electron chi connectivity index (χ3n) is 3.83. The molecular weight excluding hydrogens is 226 g/mol. The molecule has 0 saturated carbocycles. The van der Waals surface area contributed by atoms with Crippen LogP contribution >= 0.6 is 0 Å². The second-order valence-corrected chi connectivity index (χ2v) is 5.49. The molecule has 0 spiro atoms. The number of hydrogen-bond acceptors (Lipinski definition) is 3. The lowest BCUT2D eigenvalue weighted by atomic mass is 9.98. The highest BCUT2D eigenvalue weighted by Crippen LogP contribution is 2.33. The molecule has 0 bridgehead atoms. The molecule has 3 rings (SSSR count). The summed E-state index contributed by atoms with van der Waals surface area (Å²) in [4.78, 5) is 0. The van der Waals surface area contributed by atoms with Gasteiger partial charge in [-0.1, -0.05) is 18.2 Å². The van der Waals surface area contributed by atoms with E-state index in [-0.39, 0.29) is 0 Å². The van der Waals surface area contributed by atoms with Gasteiger partial charge in [-0.3, -0.25) is 0 Å². The first-order valence-electron chi connectivity index (χ1n) is 6.85. The van der Waals surface area contributed by atoms with Gasteiger partial charge in [0.2, 0.25) is 0 Å². The Kier molecular flexibility index (Phi) is 3.27. The Balaban J connectivity index is 1.67. The van der Waals surface area contributed by atoms with Crippen molar-refractivity contribution >= 4 is 0 Å². The molecule has 1 aromatic rings. The highest BCUT2D eigenvalue weighted by Gasteiger charge is 2.30. The Morgan fingerprint density at radius 3 is 2.61 bits per heavy atom. The molecule has 3 unspecified atom stereocenters. The number of nitrogens with one attached hydrogen (secondary N) is 1. The fraction of sp³-hybridized carbons (Fsp3) is 0.600. The van der Waals surface area contributed by atoms with Crippen molar-refractivity contribution < 1.29 is 9.47 Å². The molecule has 18 heavy (non-hydrogen) atoms. The van der Waals surface area contributed by atoms with Gasteiger partial charge in [0.1, 0.15) is 12.4 Å². The van der Waals surface area contributed by atoms with Crippen molar-refractivity contribution in [1.29, 1.82) is 0 Å². The quantitative estimate of drug-likeness (QED) is 0.871. The number of para-hydroxylation sites is 1. The highest BCUT2D eigenvalue weighted by molar-refractivity contribution is 5.39. The molecule has 1 aromatic carbocycles. The SMILES string of the molecule is CC1CC(NC2COc3ccccc32)CC(C)O1. The summed E-state index contributed by atoms with van der Waals surface area (Å²) < 4.78 is 11.5. The second kappa shape index (κ2) is 4.90.